The molecule has 0 aromatic heterocycles. The molecule has 6 nitrogen and oxygen atoms in total. The molecule has 1 aliphatic rings. The third kappa shape index (κ3) is 3.10. The zero-order chi connectivity index (χ0) is 22.7. The molecule has 0 saturated carbocycles. The number of para-hydroxylation sites is 1. The molecule has 2 unspecified atom stereocenters. The predicted octanol–water partition coefficient (Wildman–Crippen LogP) is 4.47. The van der Waals surface area contributed by atoms with Crippen molar-refractivity contribution in [3.63, 3.8) is 0 Å². The summed E-state index contributed by atoms with van der Waals surface area (Å²) in [6.07, 6.45) is -1.05. The Hall–Kier alpha value is -4.42. The number of nitrogens with zero attached hydrogens (tertiary/aromatic N) is 4. The molecule has 3 aromatic rings. The molecule has 2 amide bonds. The lowest BCUT2D eigenvalue weighted by Gasteiger charge is -2.50. The Kier molecular flexibility index (Phi) is 5.45. The minimum Gasteiger partial charge on any atom is -0.282 e. The molecule has 0 fully saturated rings. The van der Waals surface area contributed by atoms with Gasteiger partial charge in [-0.1, -0.05) is 61.5 Å². The Labute approximate surface area is 186 Å². The maximum Gasteiger partial charge on any atom is 0.260 e. The first-order valence-electron chi connectivity index (χ1n) is 10.3. The summed E-state index contributed by atoms with van der Waals surface area (Å²) in [7, 11) is 0. The van der Waals surface area contributed by atoms with E-state index in [1.807, 2.05) is 0 Å². The molecular formula is C26H20N4O2. The van der Waals surface area contributed by atoms with Crippen LogP contribution in [0.2, 0.25) is 0 Å². The van der Waals surface area contributed by atoms with Gasteiger partial charge in [0.1, 0.15) is 6.07 Å². The van der Waals surface area contributed by atoms with Gasteiger partial charge in [0.05, 0.1) is 11.8 Å². The predicted molar refractivity (Wildman–Crippen MR) is 119 cm³/mol. The van der Waals surface area contributed by atoms with Gasteiger partial charge in [-0.15, -0.1) is 0 Å². The van der Waals surface area contributed by atoms with Crippen LogP contribution in [0, 0.1) is 22.7 Å². The van der Waals surface area contributed by atoms with Gasteiger partial charge in [0.2, 0.25) is 6.17 Å². The maximum absolute atomic E-state index is 13.7. The number of anilines is 1. The molecule has 156 valence electrons. The number of amides is 2. The molecular weight excluding hydrogens is 400 g/mol. The highest BCUT2D eigenvalue weighted by atomic mass is 16.2. The molecule has 0 radical (unpaired) electrons. The Morgan fingerprint density at radius 3 is 1.91 bits per heavy atom. The highest BCUT2D eigenvalue weighted by Crippen LogP contribution is 2.45. The molecule has 6 heteroatoms. The van der Waals surface area contributed by atoms with Gasteiger partial charge in [-0.2, -0.15) is 10.5 Å². The Morgan fingerprint density at radius 2 is 1.38 bits per heavy atom. The van der Waals surface area contributed by atoms with E-state index in [0.29, 0.717) is 22.4 Å². The van der Waals surface area contributed by atoms with Crippen LogP contribution in [0.15, 0.2) is 84.9 Å². The van der Waals surface area contributed by atoms with Crippen LogP contribution in [0.1, 0.15) is 39.6 Å². The fraction of sp³-hybridized carbons (Fsp3) is 0.154. The molecule has 1 aliphatic heterocycles. The number of benzene rings is 3. The molecule has 0 spiro atoms. The van der Waals surface area contributed by atoms with Crippen molar-refractivity contribution >= 4 is 17.5 Å². The normalized spacial score (nSPS) is 19.4. The van der Waals surface area contributed by atoms with Crippen LogP contribution in [0.25, 0.3) is 0 Å². The first-order valence-corrected chi connectivity index (χ1v) is 10.3. The zero-order valence-corrected chi connectivity index (χ0v) is 17.5. The number of hydrogen-bond donors (Lipinski definition) is 0. The van der Waals surface area contributed by atoms with Gasteiger partial charge in [0.15, 0.2) is 5.54 Å². The second-order valence-electron chi connectivity index (χ2n) is 7.43. The number of fused-ring (bicyclic) bond motifs is 1. The molecule has 1 heterocycles. The third-order valence-corrected chi connectivity index (χ3v) is 5.80. The summed E-state index contributed by atoms with van der Waals surface area (Å²) in [6, 6.07) is 28.5. The van der Waals surface area contributed by atoms with Gasteiger partial charge in [0.25, 0.3) is 11.8 Å². The van der Waals surface area contributed by atoms with E-state index in [0.717, 1.165) is 0 Å². The van der Waals surface area contributed by atoms with Crippen LogP contribution in [-0.2, 0) is 5.54 Å². The SMILES string of the molecule is CCC1(C#N)c2ccccc2N(C(=O)c2ccccc2)C(C#N)N1C(=O)c1ccccc1. The zero-order valence-electron chi connectivity index (χ0n) is 17.5. The maximum atomic E-state index is 13.7. The number of nitriles is 2. The minimum absolute atomic E-state index is 0.255. The summed E-state index contributed by atoms with van der Waals surface area (Å²) in [5.74, 6) is -0.904. The van der Waals surface area contributed by atoms with Crippen LogP contribution in [0.5, 0.6) is 0 Å². The van der Waals surface area contributed by atoms with E-state index in [1.54, 1.807) is 91.9 Å². The van der Waals surface area contributed by atoms with Crippen molar-refractivity contribution in [1.29, 1.82) is 10.5 Å². The summed E-state index contributed by atoms with van der Waals surface area (Å²) in [6.45, 7) is 1.80. The monoisotopic (exact) mass is 420 g/mol. The van der Waals surface area contributed by atoms with Gasteiger partial charge < -0.3 is 0 Å². The van der Waals surface area contributed by atoms with E-state index in [4.69, 9.17) is 0 Å². The summed E-state index contributed by atoms with van der Waals surface area (Å²) >= 11 is 0. The summed E-state index contributed by atoms with van der Waals surface area (Å²) in [5, 5.41) is 20.6. The van der Waals surface area contributed by atoms with Gasteiger partial charge in [-0.25, -0.2) is 0 Å². The first-order chi connectivity index (χ1) is 15.6. The van der Waals surface area contributed by atoms with Gasteiger partial charge in [-0.05, 0) is 36.8 Å². The fourth-order valence-electron chi connectivity index (χ4n) is 4.23. The third-order valence-electron chi connectivity index (χ3n) is 5.80. The van der Waals surface area contributed by atoms with Crippen LogP contribution in [0.3, 0.4) is 0 Å². The van der Waals surface area contributed by atoms with Gasteiger partial charge in [-0.3, -0.25) is 19.4 Å². The lowest BCUT2D eigenvalue weighted by molar-refractivity contribution is 0.0448. The minimum atomic E-state index is -1.41. The number of hydrogen-bond acceptors (Lipinski definition) is 4. The molecule has 0 N–H and O–H groups in total. The van der Waals surface area contributed by atoms with E-state index in [1.165, 1.54) is 9.80 Å². The average molecular weight is 420 g/mol. The van der Waals surface area contributed by atoms with E-state index >= 15 is 0 Å². The Balaban J connectivity index is 1.99. The lowest BCUT2D eigenvalue weighted by Crippen LogP contribution is -2.64. The molecule has 32 heavy (non-hydrogen) atoms. The molecule has 0 saturated heterocycles. The standard InChI is InChI=1S/C26H20N4O2/c1-2-26(18-28)21-15-9-10-16-22(21)29(24(31)19-11-5-3-6-12-19)23(17-27)30(26)25(32)20-13-7-4-8-14-20/h3-16,23H,2H2,1H3. The van der Waals surface area contributed by atoms with Crippen LogP contribution in [0.4, 0.5) is 5.69 Å². The first kappa shape index (κ1) is 20.8. The number of carbonyl (C=O) groups is 2. The van der Waals surface area contributed by atoms with Crippen LogP contribution >= 0.6 is 0 Å². The molecule has 0 bridgehead atoms. The number of rotatable bonds is 3. The summed E-state index contributed by atoms with van der Waals surface area (Å²) in [5.41, 5.74) is 0.290. The Morgan fingerprint density at radius 1 is 0.844 bits per heavy atom. The van der Waals surface area contributed by atoms with Crippen molar-refractivity contribution in [3.8, 4) is 12.1 Å². The number of carbonyl (C=O) groups excluding carboxylic acids is 2. The summed E-state index contributed by atoms with van der Waals surface area (Å²) in [4.78, 5) is 29.9. The van der Waals surface area contributed by atoms with Gasteiger partial charge in [0, 0.05) is 16.7 Å². The van der Waals surface area contributed by atoms with Crippen molar-refractivity contribution < 1.29 is 9.59 Å². The van der Waals surface area contributed by atoms with Crippen molar-refractivity contribution in [3.05, 3.63) is 102 Å². The largest absolute Gasteiger partial charge is 0.282 e. The van der Waals surface area contributed by atoms with Crippen molar-refractivity contribution in [2.75, 3.05) is 4.90 Å². The summed E-state index contributed by atoms with van der Waals surface area (Å²) < 4.78 is 0. The fourth-order valence-corrected chi connectivity index (χ4v) is 4.23. The quantitative estimate of drug-likeness (QED) is 0.625. The lowest BCUT2D eigenvalue weighted by atomic mass is 9.81. The topological polar surface area (TPSA) is 88.2 Å². The van der Waals surface area contributed by atoms with Crippen molar-refractivity contribution in [2.24, 2.45) is 0 Å². The molecule has 4 rings (SSSR count). The highest BCUT2D eigenvalue weighted by molar-refractivity contribution is 6.09. The van der Waals surface area contributed by atoms with Crippen LogP contribution < -0.4 is 4.90 Å². The molecule has 3 aromatic carbocycles. The average Bonchev–Trinajstić information content (AvgIpc) is 2.87. The van der Waals surface area contributed by atoms with E-state index in [-0.39, 0.29) is 6.42 Å². The molecule has 2 atom stereocenters. The van der Waals surface area contributed by atoms with Gasteiger partial charge >= 0.3 is 0 Å². The highest BCUT2D eigenvalue weighted by Gasteiger charge is 2.53. The van der Waals surface area contributed by atoms with Crippen molar-refractivity contribution in [1.82, 2.24) is 4.90 Å². The van der Waals surface area contributed by atoms with Crippen LogP contribution in [-0.4, -0.2) is 22.9 Å². The second kappa shape index (κ2) is 8.37. The van der Waals surface area contributed by atoms with E-state index in [2.05, 4.69) is 12.1 Å². The van der Waals surface area contributed by atoms with E-state index in [9.17, 15) is 20.1 Å². The van der Waals surface area contributed by atoms with E-state index < -0.39 is 23.5 Å². The smallest absolute Gasteiger partial charge is 0.260 e. The second-order valence-corrected chi connectivity index (χ2v) is 7.43. The Bertz CT molecular complexity index is 1240. The van der Waals surface area contributed by atoms with Crippen molar-refractivity contribution in [2.45, 2.75) is 25.0 Å². The molecule has 0 aliphatic carbocycles.